The van der Waals surface area contributed by atoms with Crippen molar-refractivity contribution >= 4 is 78.0 Å². The number of hydrogen-bond donors (Lipinski definition) is 0. The van der Waals surface area contributed by atoms with Gasteiger partial charge in [-0.2, -0.15) is 0 Å². The quantitative estimate of drug-likeness (QED) is 0.109. The predicted octanol–water partition coefficient (Wildman–Crippen LogP) is 32.1. The van der Waals surface area contributed by atoms with Crippen LogP contribution in [0.25, 0.3) is 155 Å². The second-order valence-corrected chi connectivity index (χ2v) is 32.2. The van der Waals surface area contributed by atoms with Crippen molar-refractivity contribution in [3.05, 3.63) is 447 Å². The van der Waals surface area contributed by atoms with Crippen molar-refractivity contribution in [2.45, 2.75) is 38.5 Å². The Bertz CT molecular complexity index is 7080. The fourth-order valence-corrected chi connectivity index (χ4v) is 18.5. The first kappa shape index (κ1) is 71.0. The van der Waals surface area contributed by atoms with E-state index in [9.17, 15) is 0 Å². The van der Waals surface area contributed by atoms with E-state index in [4.69, 9.17) is 8.83 Å². The van der Waals surface area contributed by atoms with E-state index < -0.39 is 0 Å². The summed E-state index contributed by atoms with van der Waals surface area (Å²) in [6, 6.07) is 153. The molecule has 118 heavy (non-hydrogen) atoms. The highest BCUT2D eigenvalue weighted by Gasteiger charge is 2.37. The van der Waals surface area contributed by atoms with Gasteiger partial charge in [0.15, 0.2) is 0 Å². The standard InChI is InChI=1S/2C57H41NO/c1-57(2)52-22-12-9-20-47(52)48-34-29-42(37-53(48)57)43-35-50(56-51(36-43)49-21-11-14-24-55(49)59-56)41-27-32-45(33-28-41)58(44-30-25-39(26-31-44)38-15-5-3-6-16-38)54-23-13-10-19-46(54)40-17-7-4-8-18-40;1-57(2)53-19-11-9-17-48(53)49-34-27-43(37-54(49)57)44-35-51(56-52(36-44)50-18-10-12-20-55(50)59-56)42-25-32-47(33-26-42)58(45-28-21-40(22-29-45)38-13-5-3-6-14-38)46-30-23-41(24-31-46)39-15-7-4-8-16-39/h2*3-37H,1-2H3. The molecule has 20 aromatic rings. The summed E-state index contributed by atoms with van der Waals surface area (Å²) >= 11 is 0. The van der Waals surface area contributed by atoms with E-state index in [2.05, 4.69) is 456 Å². The molecule has 0 unspecified atom stereocenters. The average Bonchev–Trinajstić information content (AvgIpc) is 1.58. The van der Waals surface area contributed by atoms with Gasteiger partial charge in [0.05, 0.1) is 5.69 Å². The third-order valence-electron chi connectivity index (χ3n) is 24.6. The summed E-state index contributed by atoms with van der Waals surface area (Å²) in [5.74, 6) is 0. The molecule has 18 aromatic carbocycles. The molecule has 0 N–H and O–H groups in total. The summed E-state index contributed by atoms with van der Waals surface area (Å²) in [6.07, 6.45) is 0. The summed E-state index contributed by atoms with van der Waals surface area (Å²) in [5.41, 5.74) is 39.4. The number of benzene rings is 18. The van der Waals surface area contributed by atoms with Crippen molar-refractivity contribution in [3.63, 3.8) is 0 Å². The Morgan fingerprint density at radius 1 is 0.178 bits per heavy atom. The maximum absolute atomic E-state index is 6.70. The molecule has 0 amide bonds. The minimum atomic E-state index is -0.0834. The lowest BCUT2D eigenvalue weighted by molar-refractivity contribution is 0.660. The van der Waals surface area contributed by atoms with Crippen molar-refractivity contribution in [1.29, 1.82) is 0 Å². The molecule has 0 radical (unpaired) electrons. The Morgan fingerprint density at radius 3 is 0.847 bits per heavy atom. The minimum absolute atomic E-state index is 0.0807. The van der Waals surface area contributed by atoms with Crippen LogP contribution >= 0.6 is 0 Å². The molecule has 22 rings (SSSR count). The zero-order valence-corrected chi connectivity index (χ0v) is 66.1. The summed E-state index contributed by atoms with van der Waals surface area (Å²) < 4.78 is 13.4. The van der Waals surface area contributed by atoms with Gasteiger partial charge in [0.2, 0.25) is 0 Å². The highest BCUT2D eigenvalue weighted by Crippen LogP contribution is 2.54. The van der Waals surface area contributed by atoms with Crippen molar-refractivity contribution in [1.82, 2.24) is 0 Å². The number of fused-ring (bicyclic) bond motifs is 12. The second kappa shape index (κ2) is 29.2. The monoisotopic (exact) mass is 1510 g/mol. The zero-order chi connectivity index (χ0) is 79.0. The molecule has 560 valence electrons. The Hall–Kier alpha value is -14.8. The molecule has 0 aliphatic heterocycles. The number of anilines is 6. The van der Waals surface area contributed by atoms with Crippen LogP contribution in [-0.2, 0) is 10.8 Å². The zero-order valence-electron chi connectivity index (χ0n) is 66.1. The van der Waals surface area contributed by atoms with Gasteiger partial charge >= 0.3 is 0 Å². The van der Waals surface area contributed by atoms with E-state index in [-0.39, 0.29) is 10.8 Å². The highest BCUT2D eigenvalue weighted by atomic mass is 16.3. The summed E-state index contributed by atoms with van der Waals surface area (Å²) in [7, 11) is 0. The maximum Gasteiger partial charge on any atom is 0.143 e. The molecule has 2 aliphatic rings. The molecule has 0 spiro atoms. The molecule has 2 aliphatic carbocycles. The van der Waals surface area contributed by atoms with Crippen LogP contribution in [0.5, 0.6) is 0 Å². The smallest absolute Gasteiger partial charge is 0.143 e. The van der Waals surface area contributed by atoms with Gasteiger partial charge in [-0.05, 0) is 232 Å². The van der Waals surface area contributed by atoms with Crippen LogP contribution in [0.1, 0.15) is 49.9 Å². The topological polar surface area (TPSA) is 32.8 Å². The van der Waals surface area contributed by atoms with Gasteiger partial charge in [0.25, 0.3) is 0 Å². The first-order valence-corrected chi connectivity index (χ1v) is 40.8. The number of hydrogen-bond acceptors (Lipinski definition) is 4. The molecular weight excluding hydrogens is 1430 g/mol. The Kier molecular flexibility index (Phi) is 17.6. The average molecular weight is 1510 g/mol. The Balaban J connectivity index is 0.000000147. The molecule has 0 bridgehead atoms. The SMILES string of the molecule is CC1(C)c2ccccc2-c2ccc(-c3cc(-c4ccc(N(c5ccc(-c6ccccc6)cc5)c5ccc(-c6ccccc6)cc5)cc4)c4oc5ccccc5c4c3)cc21.CC1(C)c2ccccc2-c2ccc(-c3cc(-c4ccc(N(c5ccc(-c6ccccc6)cc5)c5ccccc5-c5ccccc5)cc4)c4oc5ccccc5c4c3)cc21. The third kappa shape index (κ3) is 12.6. The van der Waals surface area contributed by atoms with Crippen molar-refractivity contribution in [2.24, 2.45) is 0 Å². The molecule has 2 heterocycles. The normalized spacial score (nSPS) is 12.7. The number of para-hydroxylation sites is 3. The molecule has 0 saturated carbocycles. The molecular formula is C114H82N2O2. The van der Waals surface area contributed by atoms with E-state index in [0.717, 1.165) is 100 Å². The van der Waals surface area contributed by atoms with Gasteiger partial charge in [-0.25, -0.2) is 0 Å². The van der Waals surface area contributed by atoms with Crippen LogP contribution in [0.4, 0.5) is 34.1 Å². The van der Waals surface area contributed by atoms with Gasteiger partial charge in [-0.1, -0.05) is 337 Å². The number of furan rings is 2. The van der Waals surface area contributed by atoms with Crippen molar-refractivity contribution in [2.75, 3.05) is 9.80 Å². The number of nitrogens with zero attached hydrogens (tertiary/aromatic N) is 2. The lowest BCUT2D eigenvalue weighted by Crippen LogP contribution is -2.14. The van der Waals surface area contributed by atoms with Gasteiger partial charge in [-0.15, -0.1) is 0 Å². The van der Waals surface area contributed by atoms with Gasteiger partial charge < -0.3 is 18.6 Å². The van der Waals surface area contributed by atoms with Crippen LogP contribution in [0.15, 0.2) is 433 Å². The fourth-order valence-electron chi connectivity index (χ4n) is 18.5. The highest BCUT2D eigenvalue weighted by molar-refractivity contribution is 6.13. The molecule has 4 nitrogen and oxygen atoms in total. The van der Waals surface area contributed by atoms with E-state index in [0.29, 0.717) is 0 Å². The van der Waals surface area contributed by atoms with E-state index in [1.165, 1.54) is 111 Å². The maximum atomic E-state index is 6.70. The van der Waals surface area contributed by atoms with Crippen molar-refractivity contribution < 1.29 is 8.83 Å². The third-order valence-corrected chi connectivity index (χ3v) is 24.6. The van der Waals surface area contributed by atoms with Crippen LogP contribution in [-0.4, -0.2) is 0 Å². The van der Waals surface area contributed by atoms with Gasteiger partial charge in [0, 0.05) is 77.5 Å². The van der Waals surface area contributed by atoms with E-state index >= 15 is 0 Å². The van der Waals surface area contributed by atoms with Gasteiger partial charge in [-0.3, -0.25) is 0 Å². The number of rotatable bonds is 14. The summed E-state index contributed by atoms with van der Waals surface area (Å²) in [6.45, 7) is 9.39. The van der Waals surface area contributed by atoms with Crippen LogP contribution < -0.4 is 9.80 Å². The first-order valence-electron chi connectivity index (χ1n) is 40.8. The lowest BCUT2D eigenvalue weighted by Gasteiger charge is -2.28. The molecule has 2 aromatic heterocycles. The molecule has 0 saturated heterocycles. The fraction of sp³-hybridized carbons (Fsp3) is 0.0526. The summed E-state index contributed by atoms with van der Waals surface area (Å²) in [5, 5.41) is 4.50. The predicted molar refractivity (Wildman–Crippen MR) is 495 cm³/mol. The van der Waals surface area contributed by atoms with Gasteiger partial charge in [0.1, 0.15) is 22.3 Å². The van der Waals surface area contributed by atoms with Crippen LogP contribution in [0, 0.1) is 0 Å². The van der Waals surface area contributed by atoms with Crippen molar-refractivity contribution in [3.8, 4) is 111 Å². The van der Waals surface area contributed by atoms with E-state index in [1.807, 2.05) is 6.07 Å². The Labute approximate surface area is 688 Å². The minimum Gasteiger partial charge on any atom is -0.455 e. The van der Waals surface area contributed by atoms with Crippen LogP contribution in [0.2, 0.25) is 0 Å². The summed E-state index contributed by atoms with van der Waals surface area (Å²) in [4.78, 5) is 4.71. The van der Waals surface area contributed by atoms with E-state index in [1.54, 1.807) is 0 Å². The molecule has 4 heteroatoms. The Morgan fingerprint density at radius 2 is 0.458 bits per heavy atom. The second-order valence-electron chi connectivity index (χ2n) is 32.2. The lowest BCUT2D eigenvalue weighted by atomic mass is 9.81. The largest absolute Gasteiger partial charge is 0.455 e. The molecule has 0 atom stereocenters. The first-order chi connectivity index (χ1) is 58.0. The molecule has 0 fully saturated rings. The van der Waals surface area contributed by atoms with Crippen LogP contribution in [0.3, 0.4) is 0 Å².